The van der Waals surface area contributed by atoms with Crippen LogP contribution in [0.1, 0.15) is 11.3 Å². The van der Waals surface area contributed by atoms with Gasteiger partial charge in [0, 0.05) is 26.9 Å². The lowest BCUT2D eigenvalue weighted by Crippen LogP contribution is -1.88. The summed E-state index contributed by atoms with van der Waals surface area (Å²) in [7, 11) is 0. The molecule has 2 heterocycles. The summed E-state index contributed by atoms with van der Waals surface area (Å²) in [5.74, 6) is 0. The molecule has 0 radical (unpaired) electrons. The number of aliphatic hydroxyl groups is 1. The average molecular weight is 294 g/mol. The highest BCUT2D eigenvalue weighted by atomic mass is 35.5. The summed E-state index contributed by atoms with van der Waals surface area (Å²) < 4.78 is 0. The summed E-state index contributed by atoms with van der Waals surface area (Å²) in [4.78, 5) is 7.53. The van der Waals surface area contributed by atoms with Crippen LogP contribution < -0.4 is 5.73 Å². The topological polar surface area (TPSA) is 74.9 Å². The molecule has 0 saturated carbocycles. The van der Waals surface area contributed by atoms with Crippen molar-refractivity contribution in [3.63, 3.8) is 0 Å². The molecule has 0 aliphatic heterocycles. The molecule has 0 amide bonds. The van der Waals surface area contributed by atoms with Crippen molar-refractivity contribution >= 4 is 39.0 Å². The summed E-state index contributed by atoms with van der Waals surface area (Å²) >= 11 is 7.50. The van der Waals surface area contributed by atoms with E-state index in [1.165, 1.54) is 11.3 Å². The minimum atomic E-state index is -0.0848. The highest BCUT2D eigenvalue weighted by Gasteiger charge is 2.17. The Bertz CT molecular complexity index is 763. The molecule has 0 atom stereocenters. The van der Waals surface area contributed by atoms with Gasteiger partial charge in [-0.05, 0) is 24.6 Å². The number of nitrogen functional groups attached to an aromatic ring is 1. The van der Waals surface area contributed by atoms with Crippen molar-refractivity contribution in [2.45, 2.75) is 13.5 Å². The molecule has 6 heteroatoms. The van der Waals surface area contributed by atoms with Gasteiger partial charge in [0.25, 0.3) is 0 Å². The van der Waals surface area contributed by atoms with Crippen LogP contribution in [0.3, 0.4) is 0 Å². The van der Waals surface area contributed by atoms with Crippen molar-refractivity contribution in [1.82, 2.24) is 9.97 Å². The van der Waals surface area contributed by atoms with Crippen LogP contribution in [-0.4, -0.2) is 15.1 Å². The number of nitrogens with one attached hydrogen (secondary N) is 1. The number of thiazole rings is 1. The van der Waals surface area contributed by atoms with Gasteiger partial charge in [0.1, 0.15) is 0 Å². The van der Waals surface area contributed by atoms with E-state index in [4.69, 9.17) is 17.3 Å². The van der Waals surface area contributed by atoms with E-state index in [2.05, 4.69) is 9.97 Å². The molecule has 0 unspecified atom stereocenters. The number of fused-ring (bicyclic) bond motifs is 1. The fourth-order valence-electron chi connectivity index (χ4n) is 2.30. The number of nitrogens with zero attached hydrogens (tertiary/aromatic N) is 1. The van der Waals surface area contributed by atoms with Gasteiger partial charge in [-0.1, -0.05) is 11.6 Å². The van der Waals surface area contributed by atoms with E-state index in [1.54, 1.807) is 0 Å². The molecule has 2 aromatic heterocycles. The Hall–Kier alpha value is -1.56. The maximum Gasteiger partial charge on any atom is 0.180 e. The fraction of sp³-hybridized carbons (Fsp3) is 0.154. The molecule has 0 aliphatic carbocycles. The molecule has 3 rings (SSSR count). The minimum absolute atomic E-state index is 0.0848. The second kappa shape index (κ2) is 4.52. The van der Waals surface area contributed by atoms with Gasteiger partial charge in [-0.25, -0.2) is 4.98 Å². The van der Waals surface area contributed by atoms with Crippen LogP contribution in [0.25, 0.3) is 22.2 Å². The number of aromatic amines is 1. The van der Waals surface area contributed by atoms with E-state index in [-0.39, 0.29) is 6.61 Å². The van der Waals surface area contributed by atoms with Crippen molar-refractivity contribution in [3.8, 4) is 11.3 Å². The van der Waals surface area contributed by atoms with Crippen LogP contribution in [0.2, 0.25) is 5.02 Å². The third-order valence-corrected chi connectivity index (χ3v) is 3.98. The first-order valence-electron chi connectivity index (χ1n) is 5.73. The van der Waals surface area contributed by atoms with Gasteiger partial charge in [-0.3, -0.25) is 0 Å². The van der Waals surface area contributed by atoms with E-state index < -0.39 is 0 Å². The fourth-order valence-corrected chi connectivity index (χ4v) is 3.12. The second-order valence-corrected chi connectivity index (χ2v) is 5.68. The second-order valence-electron chi connectivity index (χ2n) is 4.35. The average Bonchev–Trinajstić information content (AvgIpc) is 2.92. The third kappa shape index (κ3) is 2.00. The van der Waals surface area contributed by atoms with E-state index >= 15 is 0 Å². The molecular weight excluding hydrogens is 282 g/mol. The van der Waals surface area contributed by atoms with E-state index in [1.807, 2.05) is 24.4 Å². The summed E-state index contributed by atoms with van der Waals surface area (Å²) in [5, 5.41) is 13.5. The molecule has 98 valence electrons. The van der Waals surface area contributed by atoms with Crippen molar-refractivity contribution in [3.05, 3.63) is 33.8 Å². The first kappa shape index (κ1) is 12.5. The molecule has 0 aliphatic rings. The number of H-pyrrole nitrogens is 1. The summed E-state index contributed by atoms with van der Waals surface area (Å²) in [5.41, 5.74) is 10.1. The van der Waals surface area contributed by atoms with Gasteiger partial charge in [0.05, 0.1) is 18.0 Å². The van der Waals surface area contributed by atoms with Crippen LogP contribution in [0.15, 0.2) is 17.5 Å². The standard InChI is InChI=1S/C13H12ClN3OS/c1-6-2-7(14)3-8-11(9(4-18)16-12(6)8)10-5-19-13(15)17-10/h2-3,5,16,18H,4H2,1H3,(H2,15,17). The normalized spacial score (nSPS) is 11.3. The zero-order valence-electron chi connectivity index (χ0n) is 10.2. The Morgan fingerprint density at radius 2 is 2.26 bits per heavy atom. The number of nitrogens with two attached hydrogens (primary N) is 1. The Morgan fingerprint density at radius 1 is 1.47 bits per heavy atom. The van der Waals surface area contributed by atoms with Gasteiger partial charge in [-0.2, -0.15) is 0 Å². The minimum Gasteiger partial charge on any atom is -0.390 e. The molecule has 0 saturated heterocycles. The Balaban J connectivity index is 2.38. The molecule has 0 bridgehead atoms. The first-order chi connectivity index (χ1) is 9.10. The van der Waals surface area contributed by atoms with Crippen molar-refractivity contribution in [2.24, 2.45) is 0 Å². The molecule has 0 spiro atoms. The summed E-state index contributed by atoms with van der Waals surface area (Å²) in [6.45, 7) is 1.89. The summed E-state index contributed by atoms with van der Waals surface area (Å²) in [6.07, 6.45) is 0. The maximum absolute atomic E-state index is 9.53. The van der Waals surface area contributed by atoms with Crippen molar-refractivity contribution in [1.29, 1.82) is 0 Å². The SMILES string of the molecule is Cc1cc(Cl)cc2c(-c3csc(N)n3)c(CO)[nH]c12. The van der Waals surface area contributed by atoms with Crippen LogP contribution in [-0.2, 0) is 6.61 Å². The Labute approximate surface area is 118 Å². The zero-order chi connectivity index (χ0) is 13.6. The predicted molar refractivity (Wildman–Crippen MR) is 79.5 cm³/mol. The van der Waals surface area contributed by atoms with E-state index in [0.717, 1.165) is 33.4 Å². The number of rotatable bonds is 2. The lowest BCUT2D eigenvalue weighted by Gasteiger charge is -2.00. The molecule has 4 nitrogen and oxygen atoms in total. The van der Waals surface area contributed by atoms with Gasteiger partial charge in [0.15, 0.2) is 5.13 Å². The van der Waals surface area contributed by atoms with E-state index in [9.17, 15) is 5.11 Å². The van der Waals surface area contributed by atoms with Gasteiger partial charge in [-0.15, -0.1) is 11.3 Å². The van der Waals surface area contributed by atoms with Crippen LogP contribution >= 0.6 is 22.9 Å². The number of hydrogen-bond donors (Lipinski definition) is 3. The molecule has 1 aromatic carbocycles. The summed E-state index contributed by atoms with van der Waals surface area (Å²) in [6, 6.07) is 3.77. The molecule has 3 aromatic rings. The number of benzene rings is 1. The maximum atomic E-state index is 9.53. The number of aryl methyl sites for hydroxylation is 1. The smallest absolute Gasteiger partial charge is 0.180 e. The lowest BCUT2D eigenvalue weighted by atomic mass is 10.1. The molecule has 19 heavy (non-hydrogen) atoms. The van der Waals surface area contributed by atoms with Crippen LogP contribution in [0.4, 0.5) is 5.13 Å². The van der Waals surface area contributed by atoms with Crippen molar-refractivity contribution in [2.75, 3.05) is 5.73 Å². The monoisotopic (exact) mass is 293 g/mol. The van der Waals surface area contributed by atoms with E-state index in [0.29, 0.717) is 10.2 Å². The van der Waals surface area contributed by atoms with Gasteiger partial charge < -0.3 is 15.8 Å². The molecule has 4 N–H and O–H groups in total. The number of aromatic nitrogens is 2. The lowest BCUT2D eigenvalue weighted by molar-refractivity contribution is 0.278. The van der Waals surface area contributed by atoms with Crippen molar-refractivity contribution < 1.29 is 5.11 Å². The number of aliphatic hydroxyl groups excluding tert-OH is 1. The highest BCUT2D eigenvalue weighted by Crippen LogP contribution is 2.36. The van der Waals surface area contributed by atoms with Crippen LogP contribution in [0.5, 0.6) is 0 Å². The predicted octanol–water partition coefficient (Wildman–Crippen LogP) is 3.33. The molecular formula is C13H12ClN3OS. The van der Waals surface area contributed by atoms with Gasteiger partial charge in [0.2, 0.25) is 0 Å². The number of hydrogen-bond acceptors (Lipinski definition) is 4. The Morgan fingerprint density at radius 3 is 2.89 bits per heavy atom. The highest BCUT2D eigenvalue weighted by molar-refractivity contribution is 7.13. The quantitative estimate of drug-likeness (QED) is 0.678. The van der Waals surface area contributed by atoms with Gasteiger partial charge >= 0.3 is 0 Å². The first-order valence-corrected chi connectivity index (χ1v) is 6.99. The zero-order valence-corrected chi connectivity index (χ0v) is 11.8. The number of anilines is 1. The number of halogens is 1. The molecule has 0 fully saturated rings. The largest absolute Gasteiger partial charge is 0.390 e. The van der Waals surface area contributed by atoms with Crippen LogP contribution in [0, 0.1) is 6.92 Å². The Kier molecular flexibility index (Phi) is 2.97. The third-order valence-electron chi connectivity index (χ3n) is 3.08.